The van der Waals surface area contributed by atoms with E-state index in [0.29, 0.717) is 25.3 Å². The highest BCUT2D eigenvalue weighted by Crippen LogP contribution is 2.24. The molecule has 2 aromatic rings. The van der Waals surface area contributed by atoms with Gasteiger partial charge in [0, 0.05) is 19.1 Å². The molecule has 24 heavy (non-hydrogen) atoms. The second-order valence-electron chi connectivity index (χ2n) is 6.16. The van der Waals surface area contributed by atoms with Gasteiger partial charge in [-0.25, -0.2) is 13.1 Å². The molecule has 0 radical (unpaired) electrons. The molecule has 1 N–H and O–H groups in total. The molecule has 2 heterocycles. The zero-order chi connectivity index (χ0) is 17.3. The third kappa shape index (κ3) is 3.37. The summed E-state index contributed by atoms with van der Waals surface area (Å²) < 4.78 is 32.4. The van der Waals surface area contributed by atoms with Crippen molar-refractivity contribution >= 4 is 15.9 Å². The highest BCUT2D eigenvalue weighted by molar-refractivity contribution is 7.89. The van der Waals surface area contributed by atoms with Gasteiger partial charge in [-0.2, -0.15) is 0 Å². The summed E-state index contributed by atoms with van der Waals surface area (Å²) in [4.78, 5) is 14.3. The maximum Gasteiger partial charge on any atom is 0.289 e. The van der Waals surface area contributed by atoms with Crippen LogP contribution in [0.25, 0.3) is 0 Å². The summed E-state index contributed by atoms with van der Waals surface area (Å²) in [5, 5.41) is 0. The molecule has 1 aromatic carbocycles. The van der Waals surface area contributed by atoms with E-state index in [4.69, 9.17) is 4.42 Å². The average Bonchev–Trinajstić information content (AvgIpc) is 3.06. The van der Waals surface area contributed by atoms with Crippen LogP contribution in [0.5, 0.6) is 0 Å². The summed E-state index contributed by atoms with van der Waals surface area (Å²) in [6.45, 7) is 4.52. The number of benzene rings is 1. The van der Waals surface area contributed by atoms with Gasteiger partial charge >= 0.3 is 0 Å². The quantitative estimate of drug-likeness (QED) is 0.918. The zero-order valence-corrected chi connectivity index (χ0v) is 14.5. The Bertz CT molecular complexity index is 841. The Balaban J connectivity index is 1.85. The van der Waals surface area contributed by atoms with Crippen LogP contribution >= 0.6 is 0 Å². The summed E-state index contributed by atoms with van der Waals surface area (Å²) in [6.07, 6.45) is 2.16. The standard InChI is InChI=1S/C17H20N2O4S/c1-12(2)18-24(21,22)15-6-5-13-7-8-19(11-14(13)10-15)17(20)16-4-3-9-23-16/h3-6,9-10,12,18H,7-8,11H2,1-2H3. The second kappa shape index (κ2) is 6.41. The van der Waals surface area contributed by atoms with E-state index in [1.807, 2.05) is 6.07 Å². The molecule has 6 nitrogen and oxygen atoms in total. The van der Waals surface area contributed by atoms with Gasteiger partial charge in [-0.3, -0.25) is 4.79 Å². The summed E-state index contributed by atoms with van der Waals surface area (Å²) >= 11 is 0. The van der Waals surface area contributed by atoms with Crippen molar-refractivity contribution in [2.75, 3.05) is 6.54 Å². The highest BCUT2D eigenvalue weighted by atomic mass is 32.2. The fraction of sp³-hybridized carbons (Fsp3) is 0.353. The molecule has 128 valence electrons. The first-order valence-corrected chi connectivity index (χ1v) is 9.32. The lowest BCUT2D eigenvalue weighted by atomic mass is 10.00. The maximum absolute atomic E-state index is 12.4. The number of rotatable bonds is 4. The predicted molar refractivity (Wildman–Crippen MR) is 89.1 cm³/mol. The van der Waals surface area contributed by atoms with E-state index in [-0.39, 0.29) is 16.8 Å². The van der Waals surface area contributed by atoms with E-state index >= 15 is 0 Å². The van der Waals surface area contributed by atoms with E-state index in [1.54, 1.807) is 43.0 Å². The molecule has 0 bridgehead atoms. The van der Waals surface area contributed by atoms with Crippen molar-refractivity contribution in [2.24, 2.45) is 0 Å². The minimum Gasteiger partial charge on any atom is -0.459 e. The first-order chi connectivity index (χ1) is 11.4. The zero-order valence-electron chi connectivity index (χ0n) is 13.7. The molecular weight excluding hydrogens is 328 g/mol. The summed E-state index contributed by atoms with van der Waals surface area (Å²) in [6, 6.07) is 8.23. The van der Waals surface area contributed by atoms with Crippen LogP contribution in [-0.4, -0.2) is 31.8 Å². The maximum atomic E-state index is 12.4. The lowest BCUT2D eigenvalue weighted by molar-refractivity contribution is 0.0702. The molecule has 1 aromatic heterocycles. The first kappa shape index (κ1) is 16.7. The number of furan rings is 1. The molecule has 0 unspecified atom stereocenters. The topological polar surface area (TPSA) is 79.6 Å². The van der Waals surface area contributed by atoms with Crippen LogP contribution in [0.15, 0.2) is 45.9 Å². The van der Waals surface area contributed by atoms with Crippen LogP contribution in [0.2, 0.25) is 0 Å². The van der Waals surface area contributed by atoms with Crippen molar-refractivity contribution in [3.05, 3.63) is 53.5 Å². The van der Waals surface area contributed by atoms with Gasteiger partial charge in [0.1, 0.15) is 0 Å². The SMILES string of the molecule is CC(C)NS(=O)(=O)c1ccc2c(c1)CN(C(=O)c1ccco1)CC2. The van der Waals surface area contributed by atoms with Crippen molar-refractivity contribution in [3.63, 3.8) is 0 Å². The summed E-state index contributed by atoms with van der Waals surface area (Å²) in [5.41, 5.74) is 1.93. The number of nitrogens with zero attached hydrogens (tertiary/aromatic N) is 1. The summed E-state index contributed by atoms with van der Waals surface area (Å²) in [7, 11) is -3.55. The third-order valence-corrected chi connectivity index (χ3v) is 5.57. The molecule has 0 fully saturated rings. The molecule has 1 amide bonds. The van der Waals surface area contributed by atoms with E-state index in [2.05, 4.69) is 4.72 Å². The molecule has 1 aliphatic rings. The van der Waals surface area contributed by atoms with Crippen molar-refractivity contribution in [3.8, 4) is 0 Å². The monoisotopic (exact) mass is 348 g/mol. The van der Waals surface area contributed by atoms with Crippen LogP contribution in [0.1, 0.15) is 35.5 Å². The Morgan fingerprint density at radius 1 is 1.25 bits per heavy atom. The van der Waals surface area contributed by atoms with Gasteiger partial charge in [-0.15, -0.1) is 0 Å². The lowest BCUT2D eigenvalue weighted by Gasteiger charge is -2.28. The fourth-order valence-electron chi connectivity index (χ4n) is 2.81. The highest BCUT2D eigenvalue weighted by Gasteiger charge is 2.25. The number of sulfonamides is 1. The van der Waals surface area contributed by atoms with E-state index in [0.717, 1.165) is 11.1 Å². The number of hydrogen-bond donors (Lipinski definition) is 1. The van der Waals surface area contributed by atoms with Crippen LogP contribution in [-0.2, 0) is 23.0 Å². The van der Waals surface area contributed by atoms with Gasteiger partial charge in [0.05, 0.1) is 11.2 Å². The van der Waals surface area contributed by atoms with Crippen LogP contribution in [0, 0.1) is 0 Å². The number of carbonyl (C=O) groups excluding carboxylic acids is 1. The molecule has 0 saturated carbocycles. The smallest absolute Gasteiger partial charge is 0.289 e. The minimum atomic E-state index is -3.55. The van der Waals surface area contributed by atoms with Gasteiger partial charge < -0.3 is 9.32 Å². The third-order valence-electron chi connectivity index (χ3n) is 3.91. The van der Waals surface area contributed by atoms with Crippen LogP contribution in [0.4, 0.5) is 0 Å². The van der Waals surface area contributed by atoms with Crippen molar-refractivity contribution < 1.29 is 17.6 Å². The molecule has 0 atom stereocenters. The number of nitrogens with one attached hydrogen (secondary N) is 1. The average molecular weight is 348 g/mol. The Hall–Kier alpha value is -2.12. The van der Waals surface area contributed by atoms with Gasteiger partial charge in [-0.05, 0) is 55.7 Å². The van der Waals surface area contributed by atoms with E-state index in [9.17, 15) is 13.2 Å². The molecule has 0 saturated heterocycles. The molecule has 0 aliphatic carbocycles. The molecule has 0 spiro atoms. The number of hydrogen-bond acceptors (Lipinski definition) is 4. The van der Waals surface area contributed by atoms with Crippen molar-refractivity contribution in [2.45, 2.75) is 37.8 Å². The normalized spacial score (nSPS) is 14.7. The molecular formula is C17H20N2O4S. The van der Waals surface area contributed by atoms with Crippen molar-refractivity contribution in [1.82, 2.24) is 9.62 Å². The Morgan fingerprint density at radius 3 is 2.71 bits per heavy atom. The second-order valence-corrected chi connectivity index (χ2v) is 7.87. The Morgan fingerprint density at radius 2 is 2.04 bits per heavy atom. The molecule has 7 heteroatoms. The van der Waals surface area contributed by atoms with Crippen molar-refractivity contribution in [1.29, 1.82) is 0 Å². The Kier molecular flexibility index (Phi) is 4.47. The fourth-order valence-corrected chi connectivity index (χ4v) is 4.11. The van der Waals surface area contributed by atoms with Gasteiger partial charge in [-0.1, -0.05) is 6.07 Å². The minimum absolute atomic E-state index is 0.178. The number of carbonyl (C=O) groups is 1. The largest absolute Gasteiger partial charge is 0.459 e. The van der Waals surface area contributed by atoms with Gasteiger partial charge in [0.15, 0.2) is 5.76 Å². The first-order valence-electron chi connectivity index (χ1n) is 7.84. The number of fused-ring (bicyclic) bond motifs is 1. The summed E-state index contributed by atoms with van der Waals surface area (Å²) in [5.74, 6) is 0.114. The molecule has 1 aliphatic heterocycles. The van der Waals surface area contributed by atoms with Crippen LogP contribution < -0.4 is 4.72 Å². The van der Waals surface area contributed by atoms with Crippen LogP contribution in [0.3, 0.4) is 0 Å². The van der Waals surface area contributed by atoms with Gasteiger partial charge in [0.25, 0.3) is 5.91 Å². The molecule has 3 rings (SSSR count). The van der Waals surface area contributed by atoms with Gasteiger partial charge in [0.2, 0.25) is 10.0 Å². The van der Waals surface area contributed by atoms with E-state index < -0.39 is 10.0 Å². The lowest BCUT2D eigenvalue weighted by Crippen LogP contribution is -2.36. The number of amides is 1. The van der Waals surface area contributed by atoms with E-state index in [1.165, 1.54) is 6.26 Å². The predicted octanol–water partition coefficient (Wildman–Crippen LogP) is 2.16. The Labute approximate surface area is 141 Å².